The standard InChI is InChI=1S/C18H16O2S/c1-17-12-7-3-5-9-14(12)18(2,21(20)16(17)11-19)15-10-6-4-8-13(15)17/h3-11,16H,1-2H3/t16-,17?,18?,21?/m0/s1. The number of hydrogen-bond acceptors (Lipinski definition) is 2. The number of aldehydes is 1. The highest BCUT2D eigenvalue weighted by Crippen LogP contribution is 2.59. The van der Waals surface area contributed by atoms with Crippen molar-refractivity contribution in [2.45, 2.75) is 29.3 Å². The van der Waals surface area contributed by atoms with E-state index in [0.717, 1.165) is 28.5 Å². The van der Waals surface area contributed by atoms with Gasteiger partial charge < -0.3 is 4.79 Å². The topological polar surface area (TPSA) is 34.1 Å². The fraction of sp³-hybridized carbons (Fsp3) is 0.278. The smallest absolute Gasteiger partial charge is 0.136 e. The van der Waals surface area contributed by atoms with Gasteiger partial charge in [0.25, 0.3) is 0 Å². The Labute approximate surface area is 126 Å². The summed E-state index contributed by atoms with van der Waals surface area (Å²) in [6, 6.07) is 16.3. The lowest BCUT2D eigenvalue weighted by Gasteiger charge is -2.54. The van der Waals surface area contributed by atoms with Crippen LogP contribution in [0.1, 0.15) is 36.1 Å². The fourth-order valence-corrected chi connectivity index (χ4v) is 6.25. The number of rotatable bonds is 1. The average molecular weight is 296 g/mol. The Morgan fingerprint density at radius 1 is 0.905 bits per heavy atom. The molecule has 0 spiro atoms. The van der Waals surface area contributed by atoms with Gasteiger partial charge in [-0.2, -0.15) is 0 Å². The summed E-state index contributed by atoms with van der Waals surface area (Å²) < 4.78 is 12.5. The second-order valence-electron chi connectivity index (χ2n) is 6.18. The summed E-state index contributed by atoms with van der Waals surface area (Å²) in [7, 11) is -1.26. The molecule has 2 aromatic carbocycles. The summed E-state index contributed by atoms with van der Waals surface area (Å²) in [6.45, 7) is 4.07. The molecule has 0 saturated carbocycles. The van der Waals surface area contributed by atoms with Crippen LogP contribution < -0.4 is 0 Å². The first-order valence-electron chi connectivity index (χ1n) is 7.12. The van der Waals surface area contributed by atoms with Crippen LogP contribution in [0.5, 0.6) is 0 Å². The van der Waals surface area contributed by atoms with Gasteiger partial charge in [-0.15, -0.1) is 0 Å². The number of benzene rings is 2. The van der Waals surface area contributed by atoms with Crippen LogP contribution in [-0.4, -0.2) is 15.7 Å². The molecule has 2 bridgehead atoms. The van der Waals surface area contributed by atoms with Crippen LogP contribution >= 0.6 is 0 Å². The van der Waals surface area contributed by atoms with Gasteiger partial charge in [-0.05, 0) is 36.1 Å². The predicted molar refractivity (Wildman–Crippen MR) is 83.8 cm³/mol. The third-order valence-electron chi connectivity index (χ3n) is 5.33. The van der Waals surface area contributed by atoms with Crippen molar-refractivity contribution in [2.24, 2.45) is 0 Å². The van der Waals surface area contributed by atoms with Gasteiger partial charge in [0.15, 0.2) is 0 Å². The Hall–Kier alpha value is -1.74. The maximum atomic E-state index is 13.2. The van der Waals surface area contributed by atoms with Crippen molar-refractivity contribution in [2.75, 3.05) is 0 Å². The quantitative estimate of drug-likeness (QED) is 0.758. The highest BCUT2D eigenvalue weighted by Gasteiger charge is 2.61. The maximum Gasteiger partial charge on any atom is 0.136 e. The minimum absolute atomic E-state index is 0.493. The zero-order valence-electron chi connectivity index (χ0n) is 12.0. The molecule has 2 aliphatic heterocycles. The molecule has 5 rings (SSSR count). The van der Waals surface area contributed by atoms with Gasteiger partial charge in [0.1, 0.15) is 11.5 Å². The largest absolute Gasteiger partial charge is 0.302 e. The molecule has 3 heteroatoms. The molecule has 0 N–H and O–H groups in total. The molecule has 106 valence electrons. The van der Waals surface area contributed by atoms with Crippen molar-refractivity contribution in [1.82, 2.24) is 0 Å². The van der Waals surface area contributed by atoms with E-state index < -0.39 is 26.2 Å². The molecule has 3 aliphatic rings. The van der Waals surface area contributed by atoms with Crippen LogP contribution in [0.25, 0.3) is 0 Å². The number of hydrogen-bond donors (Lipinski definition) is 0. The molecule has 1 unspecified atom stereocenters. The van der Waals surface area contributed by atoms with Gasteiger partial charge in [-0.3, -0.25) is 4.21 Å². The molecule has 1 aliphatic carbocycles. The van der Waals surface area contributed by atoms with E-state index in [1.54, 1.807) is 0 Å². The first kappa shape index (κ1) is 13.0. The molecule has 0 radical (unpaired) electrons. The number of carbonyl (C=O) groups is 1. The summed E-state index contributed by atoms with van der Waals surface area (Å²) in [5.74, 6) is 0. The van der Waals surface area contributed by atoms with Crippen molar-refractivity contribution in [3.63, 3.8) is 0 Å². The molecule has 0 saturated heterocycles. The van der Waals surface area contributed by atoms with E-state index in [4.69, 9.17) is 0 Å². The van der Waals surface area contributed by atoms with E-state index >= 15 is 0 Å². The maximum absolute atomic E-state index is 13.2. The molecule has 2 heterocycles. The van der Waals surface area contributed by atoms with Crippen molar-refractivity contribution < 1.29 is 9.00 Å². The Kier molecular flexibility index (Phi) is 2.42. The summed E-state index contributed by atoms with van der Waals surface area (Å²) in [5.41, 5.74) is 3.98. The Bertz CT molecular complexity index is 746. The van der Waals surface area contributed by atoms with Crippen LogP contribution in [0.3, 0.4) is 0 Å². The summed E-state index contributed by atoms with van der Waals surface area (Å²) >= 11 is 0. The lowest BCUT2D eigenvalue weighted by molar-refractivity contribution is -0.108. The molecule has 2 aromatic rings. The van der Waals surface area contributed by atoms with Gasteiger partial charge in [0.05, 0.1) is 4.75 Å². The number of fused-ring (bicyclic) bond motifs is 1. The van der Waals surface area contributed by atoms with Crippen LogP contribution in [0.2, 0.25) is 0 Å². The second-order valence-corrected chi connectivity index (χ2v) is 8.10. The van der Waals surface area contributed by atoms with Crippen LogP contribution in [0.4, 0.5) is 0 Å². The van der Waals surface area contributed by atoms with E-state index in [-0.39, 0.29) is 0 Å². The van der Waals surface area contributed by atoms with E-state index in [2.05, 4.69) is 31.2 Å². The van der Waals surface area contributed by atoms with E-state index in [1.165, 1.54) is 0 Å². The molecule has 2 atom stereocenters. The van der Waals surface area contributed by atoms with E-state index in [0.29, 0.717) is 0 Å². The lowest BCUT2D eigenvalue weighted by atomic mass is 9.62. The monoisotopic (exact) mass is 296 g/mol. The normalized spacial score (nSPS) is 35.9. The molecule has 0 amide bonds. The summed E-state index contributed by atoms with van der Waals surface area (Å²) in [4.78, 5) is 11.7. The average Bonchev–Trinajstić information content (AvgIpc) is 2.52. The van der Waals surface area contributed by atoms with Crippen molar-refractivity contribution >= 4 is 17.1 Å². The highest BCUT2D eigenvalue weighted by molar-refractivity contribution is 7.87. The van der Waals surface area contributed by atoms with Crippen LogP contribution in [0.15, 0.2) is 48.5 Å². The van der Waals surface area contributed by atoms with Gasteiger partial charge >= 0.3 is 0 Å². The zero-order valence-corrected chi connectivity index (χ0v) is 12.8. The molecule has 0 aromatic heterocycles. The molecular formula is C18H16O2S. The fourth-order valence-electron chi connectivity index (χ4n) is 4.17. The van der Waals surface area contributed by atoms with Gasteiger partial charge in [-0.1, -0.05) is 48.5 Å². The van der Waals surface area contributed by atoms with Crippen molar-refractivity contribution in [3.05, 3.63) is 70.8 Å². The van der Waals surface area contributed by atoms with Gasteiger partial charge in [0, 0.05) is 16.2 Å². The molecule has 21 heavy (non-hydrogen) atoms. The Morgan fingerprint density at radius 2 is 1.33 bits per heavy atom. The summed E-state index contributed by atoms with van der Waals surface area (Å²) in [6.07, 6.45) is 0.889. The van der Waals surface area contributed by atoms with Crippen LogP contribution in [0, 0.1) is 0 Å². The molecule has 2 nitrogen and oxygen atoms in total. The summed E-state index contributed by atoms with van der Waals surface area (Å²) in [5, 5.41) is -0.493. The first-order valence-corrected chi connectivity index (χ1v) is 8.33. The third-order valence-corrected chi connectivity index (χ3v) is 7.62. The molecule has 0 fully saturated rings. The number of carbonyl (C=O) groups excluding carboxylic acids is 1. The van der Waals surface area contributed by atoms with Crippen molar-refractivity contribution in [3.8, 4) is 0 Å². The lowest BCUT2D eigenvalue weighted by Crippen LogP contribution is -2.59. The van der Waals surface area contributed by atoms with Gasteiger partial charge in [-0.25, -0.2) is 0 Å². The second kappa shape index (κ2) is 3.92. The van der Waals surface area contributed by atoms with Crippen LogP contribution in [-0.2, 0) is 25.8 Å². The first-order chi connectivity index (χ1) is 10.1. The minimum Gasteiger partial charge on any atom is -0.302 e. The predicted octanol–water partition coefficient (Wildman–Crippen LogP) is 2.90. The van der Waals surface area contributed by atoms with Crippen molar-refractivity contribution in [1.29, 1.82) is 0 Å². The third kappa shape index (κ3) is 1.25. The van der Waals surface area contributed by atoms with E-state index in [1.807, 2.05) is 31.2 Å². The molecular weight excluding hydrogens is 280 g/mol. The minimum atomic E-state index is -1.26. The highest BCUT2D eigenvalue weighted by atomic mass is 32.2. The Balaban J connectivity index is 2.22. The SMILES string of the molecule is CC12c3ccccc3C(C)(c3ccccc31)S(=O)[C@H]2C=O. The van der Waals surface area contributed by atoms with E-state index in [9.17, 15) is 9.00 Å². The zero-order chi connectivity index (χ0) is 14.8. The Morgan fingerprint density at radius 3 is 1.76 bits per heavy atom. The van der Waals surface area contributed by atoms with Gasteiger partial charge in [0.2, 0.25) is 0 Å².